The van der Waals surface area contributed by atoms with Crippen molar-refractivity contribution in [1.82, 2.24) is 15.1 Å². The van der Waals surface area contributed by atoms with E-state index < -0.39 is 6.04 Å². The minimum absolute atomic E-state index is 0.0111. The SMILES string of the molecule is CC(=O)NC(C(=O)N1CCN(C(=O)c2ccoc2)CC1)C(C)C. The molecule has 126 valence electrons. The van der Waals surface area contributed by atoms with E-state index in [0.29, 0.717) is 31.7 Å². The Balaban J connectivity index is 1.93. The number of hydrogen-bond donors (Lipinski definition) is 1. The fraction of sp³-hybridized carbons (Fsp3) is 0.562. The number of amides is 3. The van der Waals surface area contributed by atoms with Crippen LogP contribution in [0, 0.1) is 5.92 Å². The molecule has 1 aromatic rings. The maximum atomic E-state index is 12.6. The van der Waals surface area contributed by atoms with Gasteiger partial charge < -0.3 is 19.5 Å². The van der Waals surface area contributed by atoms with Gasteiger partial charge in [0.15, 0.2) is 0 Å². The molecule has 7 heteroatoms. The molecule has 1 aliphatic heterocycles. The molecular formula is C16H23N3O4. The largest absolute Gasteiger partial charge is 0.472 e. The summed E-state index contributed by atoms with van der Waals surface area (Å²) >= 11 is 0. The summed E-state index contributed by atoms with van der Waals surface area (Å²) in [5.74, 6) is -0.387. The van der Waals surface area contributed by atoms with Gasteiger partial charge >= 0.3 is 0 Å². The molecule has 1 atom stereocenters. The molecule has 1 saturated heterocycles. The van der Waals surface area contributed by atoms with E-state index in [9.17, 15) is 14.4 Å². The molecule has 1 unspecified atom stereocenters. The summed E-state index contributed by atoms with van der Waals surface area (Å²) < 4.78 is 4.93. The summed E-state index contributed by atoms with van der Waals surface area (Å²) in [6.07, 6.45) is 2.89. The third-order valence-electron chi connectivity index (χ3n) is 3.94. The van der Waals surface area contributed by atoms with Crippen LogP contribution in [-0.4, -0.2) is 59.7 Å². The third kappa shape index (κ3) is 4.12. The number of nitrogens with one attached hydrogen (secondary N) is 1. The summed E-state index contributed by atoms with van der Waals surface area (Å²) in [6, 6.07) is 1.11. The summed E-state index contributed by atoms with van der Waals surface area (Å²) in [5.41, 5.74) is 0.517. The Morgan fingerprint density at radius 2 is 1.74 bits per heavy atom. The van der Waals surface area contributed by atoms with Gasteiger partial charge in [0.05, 0.1) is 11.8 Å². The van der Waals surface area contributed by atoms with Gasteiger partial charge in [-0.25, -0.2) is 0 Å². The highest BCUT2D eigenvalue weighted by Crippen LogP contribution is 2.12. The Labute approximate surface area is 135 Å². The lowest BCUT2D eigenvalue weighted by atomic mass is 10.0. The zero-order valence-electron chi connectivity index (χ0n) is 13.7. The zero-order chi connectivity index (χ0) is 17.0. The monoisotopic (exact) mass is 321 g/mol. The van der Waals surface area contributed by atoms with Gasteiger partial charge in [-0.3, -0.25) is 14.4 Å². The van der Waals surface area contributed by atoms with Gasteiger partial charge in [-0.15, -0.1) is 0 Å². The lowest BCUT2D eigenvalue weighted by molar-refractivity contribution is -0.138. The second-order valence-electron chi connectivity index (χ2n) is 6.05. The van der Waals surface area contributed by atoms with E-state index in [2.05, 4.69) is 5.32 Å². The Kier molecular flexibility index (Phi) is 5.41. The highest BCUT2D eigenvalue weighted by atomic mass is 16.3. The second-order valence-corrected chi connectivity index (χ2v) is 6.05. The van der Waals surface area contributed by atoms with E-state index in [0.717, 1.165) is 0 Å². The lowest BCUT2D eigenvalue weighted by Gasteiger charge is -2.37. The second kappa shape index (κ2) is 7.30. The molecule has 7 nitrogen and oxygen atoms in total. The van der Waals surface area contributed by atoms with Gasteiger partial charge in [0, 0.05) is 33.1 Å². The van der Waals surface area contributed by atoms with Crippen LogP contribution < -0.4 is 5.32 Å². The topological polar surface area (TPSA) is 82.9 Å². The number of furan rings is 1. The average Bonchev–Trinajstić information content (AvgIpc) is 3.05. The van der Waals surface area contributed by atoms with Crippen molar-refractivity contribution in [2.24, 2.45) is 5.92 Å². The minimum atomic E-state index is -0.524. The zero-order valence-corrected chi connectivity index (χ0v) is 13.7. The summed E-state index contributed by atoms with van der Waals surface area (Å²) in [5, 5.41) is 2.71. The number of carbonyl (C=O) groups is 3. The van der Waals surface area contributed by atoms with Gasteiger partial charge in [-0.05, 0) is 12.0 Å². The number of piperazine rings is 1. The molecule has 0 aliphatic carbocycles. The molecule has 1 aliphatic rings. The normalized spacial score (nSPS) is 16.3. The number of hydrogen-bond acceptors (Lipinski definition) is 4. The first-order valence-electron chi connectivity index (χ1n) is 7.77. The van der Waals surface area contributed by atoms with Crippen molar-refractivity contribution in [3.63, 3.8) is 0 Å². The van der Waals surface area contributed by atoms with E-state index >= 15 is 0 Å². The Morgan fingerprint density at radius 1 is 1.13 bits per heavy atom. The molecule has 2 heterocycles. The van der Waals surface area contributed by atoms with E-state index in [-0.39, 0.29) is 23.6 Å². The molecule has 0 bridgehead atoms. The van der Waals surface area contributed by atoms with Crippen molar-refractivity contribution >= 4 is 17.7 Å². The van der Waals surface area contributed by atoms with Crippen molar-refractivity contribution in [2.75, 3.05) is 26.2 Å². The van der Waals surface area contributed by atoms with Crippen LogP contribution in [0.5, 0.6) is 0 Å². The number of carbonyl (C=O) groups excluding carboxylic acids is 3. The van der Waals surface area contributed by atoms with Crippen molar-refractivity contribution in [3.8, 4) is 0 Å². The molecule has 1 fully saturated rings. The van der Waals surface area contributed by atoms with Crippen molar-refractivity contribution < 1.29 is 18.8 Å². The average molecular weight is 321 g/mol. The maximum absolute atomic E-state index is 12.6. The molecule has 1 N–H and O–H groups in total. The van der Waals surface area contributed by atoms with Crippen molar-refractivity contribution in [1.29, 1.82) is 0 Å². The molecule has 0 spiro atoms. The van der Waals surface area contributed by atoms with Crippen LogP contribution in [0.1, 0.15) is 31.1 Å². The van der Waals surface area contributed by atoms with Crippen LogP contribution >= 0.6 is 0 Å². The van der Waals surface area contributed by atoms with Crippen LogP contribution in [0.15, 0.2) is 23.0 Å². The third-order valence-corrected chi connectivity index (χ3v) is 3.94. The highest BCUT2D eigenvalue weighted by Gasteiger charge is 2.31. The van der Waals surface area contributed by atoms with Crippen molar-refractivity contribution in [2.45, 2.75) is 26.8 Å². The lowest BCUT2D eigenvalue weighted by Crippen LogP contribution is -2.56. The molecule has 1 aromatic heterocycles. The van der Waals surface area contributed by atoms with E-state index in [1.54, 1.807) is 15.9 Å². The standard InChI is InChI=1S/C16H23N3O4/c1-11(2)14(17-12(3)20)16(22)19-7-5-18(6-8-19)15(21)13-4-9-23-10-13/h4,9-11,14H,5-8H2,1-3H3,(H,17,20). The van der Waals surface area contributed by atoms with Crippen molar-refractivity contribution in [3.05, 3.63) is 24.2 Å². The van der Waals surface area contributed by atoms with Gasteiger partial charge in [-0.2, -0.15) is 0 Å². The summed E-state index contributed by atoms with van der Waals surface area (Å²) in [7, 11) is 0. The first kappa shape index (κ1) is 17.1. The Hall–Kier alpha value is -2.31. The summed E-state index contributed by atoms with van der Waals surface area (Å²) in [6.45, 7) is 7.08. The minimum Gasteiger partial charge on any atom is -0.472 e. The van der Waals surface area contributed by atoms with Gasteiger partial charge in [0.25, 0.3) is 5.91 Å². The van der Waals surface area contributed by atoms with Gasteiger partial charge in [-0.1, -0.05) is 13.8 Å². The fourth-order valence-corrected chi connectivity index (χ4v) is 2.63. The van der Waals surface area contributed by atoms with Gasteiger partial charge in [0.2, 0.25) is 11.8 Å². The van der Waals surface area contributed by atoms with Crippen LogP contribution in [0.4, 0.5) is 0 Å². The molecule has 23 heavy (non-hydrogen) atoms. The first-order chi connectivity index (χ1) is 10.9. The predicted octanol–water partition coefficient (Wildman–Crippen LogP) is 0.725. The molecule has 3 amide bonds. The first-order valence-corrected chi connectivity index (χ1v) is 7.77. The smallest absolute Gasteiger partial charge is 0.257 e. The predicted molar refractivity (Wildman–Crippen MR) is 83.6 cm³/mol. The quantitative estimate of drug-likeness (QED) is 0.886. The summed E-state index contributed by atoms with van der Waals surface area (Å²) in [4.78, 5) is 39.5. The van der Waals surface area contributed by atoms with Crippen LogP contribution in [0.2, 0.25) is 0 Å². The van der Waals surface area contributed by atoms with Crippen LogP contribution in [-0.2, 0) is 9.59 Å². The van der Waals surface area contributed by atoms with Crippen LogP contribution in [0.3, 0.4) is 0 Å². The Bertz CT molecular complexity index is 560. The molecule has 0 radical (unpaired) electrons. The molecule has 2 rings (SSSR count). The number of rotatable bonds is 4. The maximum Gasteiger partial charge on any atom is 0.257 e. The van der Waals surface area contributed by atoms with Crippen LogP contribution in [0.25, 0.3) is 0 Å². The molecule has 0 aromatic carbocycles. The molecule has 0 saturated carbocycles. The molecular weight excluding hydrogens is 298 g/mol. The van der Waals surface area contributed by atoms with Gasteiger partial charge in [0.1, 0.15) is 12.3 Å². The Morgan fingerprint density at radius 3 is 2.22 bits per heavy atom. The van der Waals surface area contributed by atoms with E-state index in [4.69, 9.17) is 4.42 Å². The van der Waals surface area contributed by atoms with E-state index in [1.807, 2.05) is 13.8 Å². The number of nitrogens with zero attached hydrogens (tertiary/aromatic N) is 2. The highest BCUT2D eigenvalue weighted by molar-refractivity contribution is 5.94. The van der Waals surface area contributed by atoms with E-state index in [1.165, 1.54) is 19.5 Å². The fourth-order valence-electron chi connectivity index (χ4n) is 2.63.